The predicted octanol–water partition coefficient (Wildman–Crippen LogP) is 3.38. The Kier molecular flexibility index (Phi) is 3.38. The number of rotatable bonds is 5. The van der Waals surface area contributed by atoms with Crippen molar-refractivity contribution in [2.75, 3.05) is 5.75 Å². The van der Waals surface area contributed by atoms with Crippen LogP contribution < -0.4 is 0 Å². The average molecular weight is 335 g/mol. The molecule has 2 heterocycles. The Morgan fingerprint density at radius 3 is 3.09 bits per heavy atom. The van der Waals surface area contributed by atoms with E-state index in [-0.39, 0.29) is 11.5 Å². The van der Waals surface area contributed by atoms with E-state index in [0.29, 0.717) is 27.6 Å². The van der Waals surface area contributed by atoms with Crippen LogP contribution >= 0.6 is 23.4 Å². The van der Waals surface area contributed by atoms with Gasteiger partial charge in [-0.1, -0.05) is 23.4 Å². The van der Waals surface area contributed by atoms with Gasteiger partial charge in [0, 0.05) is 10.4 Å². The summed E-state index contributed by atoms with van der Waals surface area (Å²) < 4.78 is 7.35. The summed E-state index contributed by atoms with van der Waals surface area (Å²) >= 11 is 7.26. The van der Waals surface area contributed by atoms with E-state index in [1.165, 1.54) is 11.8 Å². The van der Waals surface area contributed by atoms with Crippen molar-refractivity contribution in [3.8, 4) is 0 Å². The Hall–Kier alpha value is -1.86. The van der Waals surface area contributed by atoms with E-state index in [4.69, 9.17) is 16.0 Å². The van der Waals surface area contributed by atoms with E-state index in [1.54, 1.807) is 28.9 Å². The Morgan fingerprint density at radius 1 is 1.41 bits per heavy atom. The number of Topliss-reactive ketones (excluding diaryl/α,β-unsaturated/α-hetero) is 1. The third kappa shape index (κ3) is 2.62. The topological polar surface area (TPSA) is 73.8 Å². The summed E-state index contributed by atoms with van der Waals surface area (Å²) in [6.45, 7) is 0. The molecule has 0 N–H and O–H groups in total. The number of furan rings is 1. The Balaban J connectivity index is 1.49. The van der Waals surface area contributed by atoms with Crippen LogP contribution in [0, 0.1) is 0 Å². The fourth-order valence-corrected chi connectivity index (χ4v) is 3.18. The lowest BCUT2D eigenvalue weighted by Crippen LogP contribution is -2.04. The predicted molar refractivity (Wildman–Crippen MR) is 82.4 cm³/mol. The summed E-state index contributed by atoms with van der Waals surface area (Å²) in [4.78, 5) is 12.3. The zero-order chi connectivity index (χ0) is 15.1. The van der Waals surface area contributed by atoms with Gasteiger partial charge < -0.3 is 4.42 Å². The van der Waals surface area contributed by atoms with Gasteiger partial charge in [-0.05, 0) is 47.5 Å². The molecule has 6 nitrogen and oxygen atoms in total. The van der Waals surface area contributed by atoms with Gasteiger partial charge in [0.2, 0.25) is 10.9 Å². The summed E-state index contributed by atoms with van der Waals surface area (Å²) in [7, 11) is 0. The fraction of sp³-hybridized carbons (Fsp3) is 0.286. The number of fused-ring (bicyclic) bond motifs is 1. The second kappa shape index (κ2) is 5.40. The summed E-state index contributed by atoms with van der Waals surface area (Å²) in [5.41, 5.74) is 0.653. The maximum Gasteiger partial charge on any atom is 0.210 e. The van der Waals surface area contributed by atoms with E-state index in [0.717, 1.165) is 18.2 Å². The van der Waals surface area contributed by atoms with Crippen LogP contribution in [0.3, 0.4) is 0 Å². The molecule has 1 aromatic carbocycles. The number of tetrazole rings is 1. The lowest BCUT2D eigenvalue weighted by molar-refractivity contribution is 0.0994. The average Bonchev–Trinajstić information content (AvgIpc) is 3.09. The maximum absolute atomic E-state index is 12.3. The summed E-state index contributed by atoms with van der Waals surface area (Å²) in [5, 5.41) is 13.7. The standard InChI is InChI=1S/C14H11ClN4O2S/c15-9-1-4-12-8(5-9)6-13(21-12)11(20)7-22-14-16-17-18-19(14)10-2-3-10/h1,4-6,10H,2-3,7H2. The molecular formula is C14H11ClN4O2S. The molecule has 1 fully saturated rings. The zero-order valence-electron chi connectivity index (χ0n) is 11.4. The van der Waals surface area contributed by atoms with Gasteiger partial charge in [-0.15, -0.1) is 5.10 Å². The Morgan fingerprint density at radius 2 is 2.27 bits per heavy atom. The van der Waals surface area contributed by atoms with Gasteiger partial charge in [0.05, 0.1) is 11.8 Å². The quantitative estimate of drug-likeness (QED) is 0.526. The first-order chi connectivity index (χ1) is 10.7. The molecule has 2 aromatic heterocycles. The normalized spacial score (nSPS) is 14.6. The smallest absolute Gasteiger partial charge is 0.210 e. The molecule has 1 saturated carbocycles. The molecule has 0 unspecified atom stereocenters. The number of carbonyl (C=O) groups is 1. The number of ketones is 1. The van der Waals surface area contributed by atoms with Crippen molar-refractivity contribution in [2.45, 2.75) is 24.0 Å². The van der Waals surface area contributed by atoms with Gasteiger partial charge in [0.15, 0.2) is 5.76 Å². The van der Waals surface area contributed by atoms with Crippen molar-refractivity contribution in [1.82, 2.24) is 20.2 Å². The SMILES string of the molecule is O=C(CSc1nnnn1C1CC1)c1cc2cc(Cl)ccc2o1. The number of halogens is 1. The number of carbonyl (C=O) groups excluding carboxylic acids is 1. The van der Waals surface area contributed by atoms with Crippen LogP contribution in [0.1, 0.15) is 29.4 Å². The molecule has 0 saturated heterocycles. The van der Waals surface area contributed by atoms with Gasteiger partial charge in [0.1, 0.15) is 5.58 Å². The lowest BCUT2D eigenvalue weighted by Gasteiger charge is -2.00. The third-order valence-corrected chi connectivity index (χ3v) is 4.61. The monoisotopic (exact) mass is 334 g/mol. The van der Waals surface area contributed by atoms with Crippen molar-refractivity contribution in [2.24, 2.45) is 0 Å². The molecule has 3 aromatic rings. The van der Waals surface area contributed by atoms with Gasteiger partial charge in [-0.25, -0.2) is 4.68 Å². The molecule has 0 atom stereocenters. The van der Waals surface area contributed by atoms with Crippen molar-refractivity contribution >= 4 is 40.1 Å². The molecule has 4 rings (SSSR count). The van der Waals surface area contributed by atoms with Gasteiger partial charge in [-0.3, -0.25) is 4.79 Å². The van der Waals surface area contributed by atoms with Gasteiger partial charge >= 0.3 is 0 Å². The molecule has 8 heteroatoms. The highest BCUT2D eigenvalue weighted by atomic mass is 35.5. The van der Waals surface area contributed by atoms with E-state index in [9.17, 15) is 4.79 Å². The molecule has 0 aliphatic heterocycles. The molecule has 22 heavy (non-hydrogen) atoms. The van der Waals surface area contributed by atoms with Crippen LogP contribution in [0.5, 0.6) is 0 Å². The second-order valence-electron chi connectivity index (χ2n) is 5.14. The first-order valence-electron chi connectivity index (χ1n) is 6.84. The highest BCUT2D eigenvalue weighted by molar-refractivity contribution is 7.99. The molecule has 0 amide bonds. The first-order valence-corrected chi connectivity index (χ1v) is 8.20. The zero-order valence-corrected chi connectivity index (χ0v) is 13.0. The minimum atomic E-state index is -0.0948. The van der Waals surface area contributed by atoms with Crippen molar-refractivity contribution in [3.05, 3.63) is 35.0 Å². The summed E-state index contributed by atoms with van der Waals surface area (Å²) in [5.74, 6) is 0.471. The molecule has 0 radical (unpaired) electrons. The van der Waals surface area contributed by atoms with Crippen molar-refractivity contribution < 1.29 is 9.21 Å². The van der Waals surface area contributed by atoms with Crippen molar-refractivity contribution in [3.63, 3.8) is 0 Å². The van der Waals surface area contributed by atoms with E-state index in [2.05, 4.69) is 15.5 Å². The lowest BCUT2D eigenvalue weighted by atomic mass is 10.2. The highest BCUT2D eigenvalue weighted by Gasteiger charge is 2.28. The van der Waals surface area contributed by atoms with Crippen molar-refractivity contribution in [1.29, 1.82) is 0 Å². The largest absolute Gasteiger partial charge is 0.453 e. The first kappa shape index (κ1) is 13.8. The minimum Gasteiger partial charge on any atom is -0.453 e. The van der Waals surface area contributed by atoms with Crippen LogP contribution in [0.25, 0.3) is 11.0 Å². The van der Waals surface area contributed by atoms with E-state index < -0.39 is 0 Å². The van der Waals surface area contributed by atoms with Gasteiger partial charge in [-0.2, -0.15) is 0 Å². The second-order valence-corrected chi connectivity index (χ2v) is 6.52. The number of nitrogens with zero attached hydrogens (tertiary/aromatic N) is 4. The molecule has 0 spiro atoms. The van der Waals surface area contributed by atoms with E-state index in [1.807, 2.05) is 0 Å². The van der Waals surface area contributed by atoms with Crippen LogP contribution in [-0.4, -0.2) is 31.7 Å². The summed E-state index contributed by atoms with van der Waals surface area (Å²) in [6, 6.07) is 7.38. The molecule has 112 valence electrons. The Bertz CT molecular complexity index is 856. The Labute approximate surface area is 134 Å². The minimum absolute atomic E-state index is 0.0948. The number of benzene rings is 1. The molecule has 1 aliphatic rings. The van der Waals surface area contributed by atoms with Gasteiger partial charge in [0.25, 0.3) is 0 Å². The number of thioether (sulfide) groups is 1. The number of hydrogen-bond acceptors (Lipinski definition) is 6. The van der Waals surface area contributed by atoms with Crippen LogP contribution in [-0.2, 0) is 0 Å². The molecular weight excluding hydrogens is 324 g/mol. The van der Waals surface area contributed by atoms with E-state index >= 15 is 0 Å². The fourth-order valence-electron chi connectivity index (χ4n) is 2.18. The summed E-state index contributed by atoms with van der Waals surface area (Å²) in [6.07, 6.45) is 2.19. The maximum atomic E-state index is 12.3. The van der Waals surface area contributed by atoms with Crippen LogP contribution in [0.15, 0.2) is 33.8 Å². The highest BCUT2D eigenvalue weighted by Crippen LogP contribution is 2.36. The molecule has 1 aliphatic carbocycles. The van der Waals surface area contributed by atoms with Crippen LogP contribution in [0.2, 0.25) is 5.02 Å². The van der Waals surface area contributed by atoms with Crippen LogP contribution in [0.4, 0.5) is 0 Å². The molecule has 0 bridgehead atoms. The number of aromatic nitrogens is 4. The third-order valence-electron chi connectivity index (χ3n) is 3.44. The number of hydrogen-bond donors (Lipinski definition) is 0.